The maximum atomic E-state index is 11.8. The number of carbonyl (C=O) groups is 1. The molecule has 1 aliphatic heterocycles. The molecule has 0 atom stereocenters. The van der Waals surface area contributed by atoms with Gasteiger partial charge in [0.1, 0.15) is 0 Å². The Morgan fingerprint density at radius 3 is 2.62 bits per heavy atom. The van der Waals surface area contributed by atoms with E-state index in [0.29, 0.717) is 5.56 Å². The van der Waals surface area contributed by atoms with Gasteiger partial charge in [0.2, 0.25) is 5.78 Å². The highest BCUT2D eigenvalue weighted by Crippen LogP contribution is 2.16. The summed E-state index contributed by atoms with van der Waals surface area (Å²) in [6, 6.07) is 10.3. The number of likely N-dealkylation sites (tertiary alicyclic amines) is 1. The van der Waals surface area contributed by atoms with Crippen LogP contribution in [0.1, 0.15) is 23.2 Å². The van der Waals surface area contributed by atoms with Crippen molar-refractivity contribution in [3.63, 3.8) is 0 Å². The predicted molar refractivity (Wildman–Crippen MR) is 67.1 cm³/mol. The first-order valence-electron chi connectivity index (χ1n) is 5.33. The van der Waals surface area contributed by atoms with Crippen molar-refractivity contribution in [2.75, 3.05) is 13.1 Å². The Labute approximate surface area is 104 Å². The van der Waals surface area contributed by atoms with Crippen LogP contribution in [0.4, 0.5) is 0 Å². The Kier molecular flexibility index (Phi) is 3.63. The molecule has 0 amide bonds. The molecule has 1 aromatic carbocycles. The zero-order chi connectivity index (χ0) is 11.4. The zero-order valence-electron chi connectivity index (χ0n) is 8.87. The van der Waals surface area contributed by atoms with Crippen LogP contribution in [-0.4, -0.2) is 23.8 Å². The smallest absolute Gasteiger partial charge is 0.238 e. The SMILES string of the molecule is O=C(C#CN1CCCC1)c1ccccc1Br. The van der Waals surface area contributed by atoms with E-state index >= 15 is 0 Å². The topological polar surface area (TPSA) is 20.3 Å². The molecule has 3 heteroatoms. The maximum absolute atomic E-state index is 11.8. The number of halogens is 1. The van der Waals surface area contributed by atoms with Crippen LogP contribution in [0.3, 0.4) is 0 Å². The van der Waals surface area contributed by atoms with Crippen LogP contribution >= 0.6 is 15.9 Å². The van der Waals surface area contributed by atoms with E-state index in [2.05, 4.69) is 27.9 Å². The monoisotopic (exact) mass is 277 g/mol. The average Bonchev–Trinajstić information content (AvgIpc) is 2.79. The molecule has 2 nitrogen and oxygen atoms in total. The van der Waals surface area contributed by atoms with Crippen LogP contribution in [0.25, 0.3) is 0 Å². The summed E-state index contributed by atoms with van der Waals surface area (Å²) in [6.45, 7) is 1.96. The van der Waals surface area contributed by atoms with Crippen LogP contribution < -0.4 is 0 Å². The fraction of sp³-hybridized carbons (Fsp3) is 0.308. The Bertz CT molecular complexity index is 452. The van der Waals surface area contributed by atoms with Gasteiger partial charge in [-0.2, -0.15) is 0 Å². The molecule has 0 radical (unpaired) electrons. The lowest BCUT2D eigenvalue weighted by atomic mass is 10.1. The minimum absolute atomic E-state index is 0.126. The van der Waals surface area contributed by atoms with E-state index in [4.69, 9.17) is 0 Å². The summed E-state index contributed by atoms with van der Waals surface area (Å²) in [5.41, 5.74) is 0.634. The molecule has 1 heterocycles. The second-order valence-corrected chi connectivity index (χ2v) is 4.59. The van der Waals surface area contributed by atoms with Gasteiger partial charge >= 0.3 is 0 Å². The minimum atomic E-state index is -0.126. The second-order valence-electron chi connectivity index (χ2n) is 3.74. The fourth-order valence-electron chi connectivity index (χ4n) is 1.67. The summed E-state index contributed by atoms with van der Waals surface area (Å²) in [7, 11) is 0. The largest absolute Gasteiger partial charge is 0.332 e. The Morgan fingerprint density at radius 1 is 1.25 bits per heavy atom. The van der Waals surface area contributed by atoms with Crippen molar-refractivity contribution in [3.8, 4) is 12.0 Å². The zero-order valence-corrected chi connectivity index (χ0v) is 10.5. The lowest BCUT2D eigenvalue weighted by Gasteiger charge is -2.05. The van der Waals surface area contributed by atoms with Gasteiger partial charge in [0.15, 0.2) is 0 Å². The molecule has 0 spiro atoms. The third-order valence-electron chi connectivity index (χ3n) is 2.55. The van der Waals surface area contributed by atoms with Crippen LogP contribution in [0.15, 0.2) is 28.7 Å². The molecule has 2 rings (SSSR count). The average molecular weight is 278 g/mol. The van der Waals surface area contributed by atoms with Crippen LogP contribution in [0.5, 0.6) is 0 Å². The molecule has 0 unspecified atom stereocenters. The Hall–Kier alpha value is -1.27. The molecule has 0 aliphatic carbocycles. The van der Waals surface area contributed by atoms with E-state index in [-0.39, 0.29) is 5.78 Å². The number of hydrogen-bond acceptors (Lipinski definition) is 2. The molecule has 0 bridgehead atoms. The van der Waals surface area contributed by atoms with Crippen LogP contribution in [0, 0.1) is 12.0 Å². The summed E-state index contributed by atoms with van der Waals surface area (Å²) >= 11 is 3.35. The number of rotatable bonds is 1. The first-order valence-corrected chi connectivity index (χ1v) is 6.12. The van der Waals surface area contributed by atoms with E-state index < -0.39 is 0 Å². The summed E-state index contributed by atoms with van der Waals surface area (Å²) in [4.78, 5) is 13.8. The summed E-state index contributed by atoms with van der Waals surface area (Å²) in [5.74, 6) is 2.56. The number of benzene rings is 1. The first kappa shape index (κ1) is 11.2. The number of nitrogens with zero attached hydrogens (tertiary/aromatic N) is 1. The summed E-state index contributed by atoms with van der Waals surface area (Å²) < 4.78 is 0.802. The van der Waals surface area contributed by atoms with Crippen LogP contribution in [-0.2, 0) is 0 Å². The molecule has 1 aliphatic rings. The van der Waals surface area contributed by atoms with Crippen molar-refractivity contribution in [1.82, 2.24) is 4.90 Å². The van der Waals surface area contributed by atoms with Gasteiger partial charge in [-0.3, -0.25) is 4.79 Å². The standard InChI is InChI=1S/C13H12BrNO/c14-12-6-2-1-5-11(12)13(16)7-10-15-8-3-4-9-15/h1-2,5-6H,3-4,8-9H2. The van der Waals surface area contributed by atoms with E-state index in [9.17, 15) is 4.79 Å². The van der Waals surface area contributed by atoms with Gasteiger partial charge in [-0.25, -0.2) is 0 Å². The summed E-state index contributed by atoms with van der Waals surface area (Å²) in [6.07, 6.45) is 2.36. The molecule has 0 aromatic heterocycles. The Morgan fingerprint density at radius 2 is 1.94 bits per heavy atom. The van der Waals surface area contributed by atoms with Gasteiger partial charge in [-0.05, 0) is 30.9 Å². The normalized spacial score (nSPS) is 14.4. The molecular formula is C13H12BrNO. The minimum Gasteiger partial charge on any atom is -0.332 e. The van der Waals surface area contributed by atoms with Gasteiger partial charge in [-0.15, -0.1) is 0 Å². The lowest BCUT2D eigenvalue weighted by Crippen LogP contribution is -2.12. The molecular weight excluding hydrogens is 266 g/mol. The molecule has 1 saturated heterocycles. The van der Waals surface area contributed by atoms with E-state index in [1.165, 1.54) is 12.8 Å². The maximum Gasteiger partial charge on any atom is 0.238 e. The third-order valence-corrected chi connectivity index (χ3v) is 3.24. The Balaban J connectivity index is 2.11. The quantitative estimate of drug-likeness (QED) is 0.581. The van der Waals surface area contributed by atoms with Crippen molar-refractivity contribution in [3.05, 3.63) is 34.3 Å². The van der Waals surface area contributed by atoms with Crippen molar-refractivity contribution in [2.24, 2.45) is 0 Å². The molecule has 1 aromatic rings. The lowest BCUT2D eigenvalue weighted by molar-refractivity contribution is 0.105. The van der Waals surface area contributed by atoms with Crippen LogP contribution in [0.2, 0.25) is 0 Å². The van der Waals surface area contributed by atoms with Gasteiger partial charge in [0, 0.05) is 29.2 Å². The van der Waals surface area contributed by atoms with Gasteiger partial charge in [-0.1, -0.05) is 28.1 Å². The molecule has 82 valence electrons. The van der Waals surface area contributed by atoms with E-state index in [1.807, 2.05) is 23.1 Å². The fourth-order valence-corrected chi connectivity index (χ4v) is 2.14. The van der Waals surface area contributed by atoms with Gasteiger partial charge < -0.3 is 4.90 Å². The summed E-state index contributed by atoms with van der Waals surface area (Å²) in [5, 5.41) is 0. The van der Waals surface area contributed by atoms with Crippen molar-refractivity contribution < 1.29 is 4.79 Å². The van der Waals surface area contributed by atoms with Crippen molar-refractivity contribution in [2.45, 2.75) is 12.8 Å². The van der Waals surface area contributed by atoms with Gasteiger partial charge in [0.05, 0.1) is 0 Å². The van der Waals surface area contributed by atoms with Crippen molar-refractivity contribution in [1.29, 1.82) is 0 Å². The first-order chi connectivity index (χ1) is 7.77. The number of Topliss-reactive ketones (excluding diaryl/α,β-unsaturated/α-hetero) is 1. The second kappa shape index (κ2) is 5.18. The predicted octanol–water partition coefficient (Wildman–Crippen LogP) is 2.69. The van der Waals surface area contributed by atoms with E-state index in [0.717, 1.165) is 17.6 Å². The van der Waals surface area contributed by atoms with E-state index in [1.54, 1.807) is 6.07 Å². The highest BCUT2D eigenvalue weighted by Gasteiger charge is 2.09. The van der Waals surface area contributed by atoms with Gasteiger partial charge in [0.25, 0.3) is 0 Å². The molecule has 16 heavy (non-hydrogen) atoms. The number of ketones is 1. The third kappa shape index (κ3) is 2.65. The molecule has 1 fully saturated rings. The van der Waals surface area contributed by atoms with Crippen molar-refractivity contribution >= 4 is 21.7 Å². The number of hydrogen-bond donors (Lipinski definition) is 0. The highest BCUT2D eigenvalue weighted by molar-refractivity contribution is 9.10. The number of carbonyl (C=O) groups excluding carboxylic acids is 1. The molecule has 0 saturated carbocycles. The molecule has 0 N–H and O–H groups in total. The highest BCUT2D eigenvalue weighted by atomic mass is 79.9.